The number of aliphatic hydroxyl groups is 1. The van der Waals surface area contributed by atoms with E-state index in [0.717, 1.165) is 90.1 Å². The molecule has 0 heterocycles. The number of carbonyl (C=O) groups is 2. The molecule has 0 amide bonds. The number of hydrogen-bond acceptors (Lipinski definition) is 6. The Morgan fingerprint density at radius 2 is 1.04 bits per heavy atom. The lowest BCUT2D eigenvalue weighted by molar-refractivity contribution is -0.150. The van der Waals surface area contributed by atoms with Crippen molar-refractivity contribution in [3.8, 4) is 0 Å². The Hall–Kier alpha value is -1.92. The van der Waals surface area contributed by atoms with Gasteiger partial charge in [-0.05, 0) is 88.9 Å². The Labute approximate surface area is 329 Å². The molecule has 0 aliphatic heterocycles. The fraction of sp³-hybridized carbons (Fsp3) is 0.830. The van der Waals surface area contributed by atoms with E-state index in [1.165, 1.54) is 108 Å². The van der Waals surface area contributed by atoms with Crippen LogP contribution in [0.25, 0.3) is 0 Å². The molecule has 0 bridgehead atoms. The standard InChI is InChI=1S/C47H87NO5/c1-5-9-12-15-18-25-35-45(36-26-19-16-13-10-6-2)53-47(51)38-28-20-17-22-29-39-48(41-42-49)40-30-23-21-27-37-46(50)52-43-31-34-44(32-8-4)33-24-14-11-7-3/h8,31-32,34,45,49H,4-7,9-30,33,35-43H2,1-3H3/b34-31-,44-32-. The van der Waals surface area contributed by atoms with Crippen molar-refractivity contribution < 1.29 is 24.2 Å². The summed E-state index contributed by atoms with van der Waals surface area (Å²) >= 11 is 0. The number of hydrogen-bond donors (Lipinski definition) is 1. The molecular weight excluding hydrogens is 659 g/mol. The van der Waals surface area contributed by atoms with Crippen LogP contribution in [-0.2, 0) is 19.1 Å². The molecule has 0 aliphatic rings. The predicted molar refractivity (Wildman–Crippen MR) is 227 cm³/mol. The second kappa shape index (κ2) is 41.2. The minimum absolute atomic E-state index is 0.00426. The molecule has 0 fully saturated rings. The van der Waals surface area contributed by atoms with Crippen molar-refractivity contribution in [2.45, 2.75) is 219 Å². The van der Waals surface area contributed by atoms with E-state index in [-0.39, 0.29) is 24.6 Å². The number of ether oxygens (including phenoxy) is 2. The van der Waals surface area contributed by atoms with Crippen LogP contribution >= 0.6 is 0 Å². The van der Waals surface area contributed by atoms with Crippen molar-refractivity contribution in [1.29, 1.82) is 0 Å². The van der Waals surface area contributed by atoms with Crippen LogP contribution in [0.15, 0.2) is 36.5 Å². The number of aliphatic hydroxyl groups excluding tert-OH is 1. The van der Waals surface area contributed by atoms with E-state index in [2.05, 4.69) is 38.3 Å². The summed E-state index contributed by atoms with van der Waals surface area (Å²) in [6, 6.07) is 0. The highest BCUT2D eigenvalue weighted by Gasteiger charge is 2.14. The van der Waals surface area contributed by atoms with Crippen molar-refractivity contribution in [2.75, 3.05) is 32.8 Å². The molecule has 0 aromatic carbocycles. The summed E-state index contributed by atoms with van der Waals surface area (Å²) < 4.78 is 11.4. The van der Waals surface area contributed by atoms with E-state index in [9.17, 15) is 14.7 Å². The van der Waals surface area contributed by atoms with Crippen LogP contribution in [0.5, 0.6) is 0 Å². The fourth-order valence-corrected chi connectivity index (χ4v) is 6.92. The van der Waals surface area contributed by atoms with Crippen LogP contribution in [0, 0.1) is 0 Å². The van der Waals surface area contributed by atoms with Gasteiger partial charge in [0.05, 0.1) is 6.61 Å². The van der Waals surface area contributed by atoms with Gasteiger partial charge in [-0.25, -0.2) is 0 Å². The molecule has 0 radical (unpaired) electrons. The minimum Gasteiger partial charge on any atom is -0.462 e. The van der Waals surface area contributed by atoms with Gasteiger partial charge in [0.1, 0.15) is 12.7 Å². The summed E-state index contributed by atoms with van der Waals surface area (Å²) in [4.78, 5) is 27.2. The Morgan fingerprint density at radius 1 is 0.585 bits per heavy atom. The summed E-state index contributed by atoms with van der Waals surface area (Å²) in [6.07, 6.45) is 41.7. The highest BCUT2D eigenvalue weighted by molar-refractivity contribution is 5.69. The Bertz CT molecular complexity index is 868. The third-order valence-corrected chi connectivity index (χ3v) is 10.3. The normalized spacial score (nSPS) is 12.0. The molecule has 0 unspecified atom stereocenters. The first kappa shape index (κ1) is 51.1. The van der Waals surface area contributed by atoms with Gasteiger partial charge in [0, 0.05) is 19.4 Å². The van der Waals surface area contributed by atoms with E-state index >= 15 is 0 Å². The van der Waals surface area contributed by atoms with E-state index in [0.29, 0.717) is 26.0 Å². The van der Waals surface area contributed by atoms with E-state index in [4.69, 9.17) is 9.47 Å². The third kappa shape index (κ3) is 36.8. The smallest absolute Gasteiger partial charge is 0.306 e. The second-order valence-electron chi connectivity index (χ2n) is 15.3. The Morgan fingerprint density at radius 3 is 1.57 bits per heavy atom. The lowest BCUT2D eigenvalue weighted by atomic mass is 10.0. The molecule has 1 N–H and O–H groups in total. The minimum atomic E-state index is -0.123. The van der Waals surface area contributed by atoms with Gasteiger partial charge in [0.15, 0.2) is 0 Å². The average Bonchev–Trinajstić information content (AvgIpc) is 3.15. The van der Waals surface area contributed by atoms with Crippen LogP contribution in [0.1, 0.15) is 213 Å². The molecular formula is C47H87NO5. The maximum atomic E-state index is 12.7. The first-order valence-corrected chi connectivity index (χ1v) is 22.7. The zero-order chi connectivity index (χ0) is 38.9. The quantitative estimate of drug-likeness (QED) is 0.0381. The first-order valence-electron chi connectivity index (χ1n) is 22.7. The van der Waals surface area contributed by atoms with Gasteiger partial charge in [0.2, 0.25) is 0 Å². The summed E-state index contributed by atoms with van der Waals surface area (Å²) in [6.45, 7) is 13.8. The number of rotatable bonds is 41. The SMILES string of the molecule is C=C/C=C(\C=C/COC(=O)CCCCCCN(CCO)CCCCCCCC(=O)OC(CCCCCCCC)CCCCCCCC)CCCCCC. The number of carbonyl (C=O) groups excluding carboxylic acids is 2. The van der Waals surface area contributed by atoms with Gasteiger partial charge in [0.25, 0.3) is 0 Å². The molecule has 0 aliphatic carbocycles. The second-order valence-corrected chi connectivity index (χ2v) is 15.3. The molecule has 0 atom stereocenters. The number of unbranched alkanes of at least 4 members (excludes halogenated alkanes) is 20. The van der Waals surface area contributed by atoms with Gasteiger partial charge in [-0.1, -0.05) is 161 Å². The predicted octanol–water partition coefficient (Wildman–Crippen LogP) is 13.2. The molecule has 6 heteroatoms. The Kier molecular flexibility index (Phi) is 39.8. The lowest BCUT2D eigenvalue weighted by Crippen LogP contribution is -2.29. The van der Waals surface area contributed by atoms with Crippen molar-refractivity contribution in [2.24, 2.45) is 0 Å². The maximum absolute atomic E-state index is 12.7. The van der Waals surface area contributed by atoms with Crippen LogP contribution in [0.2, 0.25) is 0 Å². The molecule has 0 saturated heterocycles. The van der Waals surface area contributed by atoms with Gasteiger partial charge in [-0.3, -0.25) is 9.59 Å². The van der Waals surface area contributed by atoms with Gasteiger partial charge >= 0.3 is 11.9 Å². The molecule has 0 saturated carbocycles. The molecule has 53 heavy (non-hydrogen) atoms. The first-order chi connectivity index (χ1) is 26.0. The van der Waals surface area contributed by atoms with Crippen LogP contribution < -0.4 is 0 Å². The van der Waals surface area contributed by atoms with Gasteiger partial charge in [-0.15, -0.1) is 0 Å². The largest absolute Gasteiger partial charge is 0.462 e. The topological polar surface area (TPSA) is 76.1 Å². The molecule has 0 aromatic heterocycles. The zero-order valence-electron chi connectivity index (χ0n) is 35.4. The van der Waals surface area contributed by atoms with Crippen molar-refractivity contribution in [3.05, 3.63) is 36.5 Å². The zero-order valence-corrected chi connectivity index (χ0v) is 35.4. The maximum Gasteiger partial charge on any atom is 0.306 e. The van der Waals surface area contributed by atoms with E-state index < -0.39 is 0 Å². The van der Waals surface area contributed by atoms with Crippen molar-refractivity contribution >= 4 is 11.9 Å². The summed E-state index contributed by atoms with van der Waals surface area (Å²) in [5, 5.41) is 9.56. The monoisotopic (exact) mass is 746 g/mol. The van der Waals surface area contributed by atoms with E-state index in [1.807, 2.05) is 18.2 Å². The summed E-state index contributed by atoms with van der Waals surface area (Å²) in [7, 11) is 0. The van der Waals surface area contributed by atoms with Crippen molar-refractivity contribution in [1.82, 2.24) is 4.90 Å². The number of esters is 2. The third-order valence-electron chi connectivity index (χ3n) is 10.3. The Balaban J connectivity index is 4.10. The molecule has 6 nitrogen and oxygen atoms in total. The lowest BCUT2D eigenvalue weighted by Gasteiger charge is -2.21. The van der Waals surface area contributed by atoms with E-state index in [1.54, 1.807) is 0 Å². The highest BCUT2D eigenvalue weighted by atomic mass is 16.5. The van der Waals surface area contributed by atoms with Crippen LogP contribution in [0.4, 0.5) is 0 Å². The fourth-order valence-electron chi connectivity index (χ4n) is 6.92. The number of nitrogens with zero attached hydrogens (tertiary/aromatic N) is 1. The number of allylic oxidation sites excluding steroid dienone is 4. The van der Waals surface area contributed by atoms with Gasteiger partial charge in [-0.2, -0.15) is 0 Å². The molecule has 0 rings (SSSR count). The average molecular weight is 746 g/mol. The summed E-state index contributed by atoms with van der Waals surface area (Å²) in [5.41, 5.74) is 1.23. The summed E-state index contributed by atoms with van der Waals surface area (Å²) in [5.74, 6) is -0.119. The van der Waals surface area contributed by atoms with Crippen molar-refractivity contribution in [3.63, 3.8) is 0 Å². The van der Waals surface area contributed by atoms with Gasteiger partial charge < -0.3 is 19.5 Å². The highest BCUT2D eigenvalue weighted by Crippen LogP contribution is 2.19. The van der Waals surface area contributed by atoms with Crippen LogP contribution in [0.3, 0.4) is 0 Å². The molecule has 0 spiro atoms. The molecule has 0 aromatic rings. The molecule has 310 valence electrons. The van der Waals surface area contributed by atoms with Crippen LogP contribution in [-0.4, -0.2) is 60.9 Å².